The molecule has 0 spiro atoms. The molecule has 1 aromatic carbocycles. The molecule has 1 aliphatic heterocycles. The minimum absolute atomic E-state index is 0.0521. The fraction of sp³-hybridized carbons (Fsp3) is 0.292. The van der Waals surface area contributed by atoms with Crippen molar-refractivity contribution in [3.63, 3.8) is 0 Å². The van der Waals surface area contributed by atoms with Gasteiger partial charge in [0, 0.05) is 32.3 Å². The molecule has 0 unspecified atom stereocenters. The number of aliphatic hydroxyl groups excluding tert-OH is 1. The van der Waals surface area contributed by atoms with Gasteiger partial charge in [0.1, 0.15) is 23.1 Å². The van der Waals surface area contributed by atoms with E-state index in [2.05, 4.69) is 14.9 Å². The number of anilines is 2. The van der Waals surface area contributed by atoms with Crippen LogP contribution in [0.2, 0.25) is 0 Å². The minimum Gasteiger partial charge on any atom is -0.493 e. The van der Waals surface area contributed by atoms with Gasteiger partial charge in [0.05, 0.1) is 31.2 Å². The third-order valence-corrected chi connectivity index (χ3v) is 5.65. The average molecular weight is 468 g/mol. The number of halogens is 1. The highest BCUT2D eigenvalue weighted by molar-refractivity contribution is 5.93. The zero-order valence-corrected chi connectivity index (χ0v) is 18.7. The number of pyridine rings is 2. The molecule has 0 bridgehead atoms. The molecule has 9 nitrogen and oxygen atoms in total. The molecule has 3 N–H and O–H groups in total. The molecule has 1 fully saturated rings. The Bertz CT molecular complexity index is 1130. The van der Waals surface area contributed by atoms with Crippen molar-refractivity contribution in [2.75, 3.05) is 44.0 Å². The number of carbonyl (C=O) groups excluding carboxylic acids is 1. The summed E-state index contributed by atoms with van der Waals surface area (Å²) < 4.78 is 24.3. The number of aliphatic hydroxyl groups is 1. The van der Waals surface area contributed by atoms with E-state index in [0.717, 1.165) is 5.69 Å². The Labute approximate surface area is 196 Å². The maximum atomic E-state index is 13.3. The summed E-state index contributed by atoms with van der Waals surface area (Å²) in [5, 5.41) is 9.60. The number of rotatable bonds is 7. The van der Waals surface area contributed by atoms with Gasteiger partial charge in [0.15, 0.2) is 11.5 Å². The summed E-state index contributed by atoms with van der Waals surface area (Å²) >= 11 is 0. The summed E-state index contributed by atoms with van der Waals surface area (Å²) in [6.07, 6.45) is 3.54. The Kier molecular flexibility index (Phi) is 7.07. The topological polar surface area (TPSA) is 114 Å². The van der Waals surface area contributed by atoms with Crippen LogP contribution < -0.4 is 20.1 Å². The van der Waals surface area contributed by atoms with Crippen LogP contribution in [0.15, 0.2) is 54.9 Å². The first-order valence-corrected chi connectivity index (χ1v) is 10.8. The van der Waals surface area contributed by atoms with Gasteiger partial charge in [-0.3, -0.25) is 4.79 Å². The van der Waals surface area contributed by atoms with E-state index in [1.165, 1.54) is 43.6 Å². The number of methoxy groups -OCH3 is 1. The van der Waals surface area contributed by atoms with Crippen LogP contribution in [0.5, 0.6) is 17.2 Å². The number of ether oxygens (including phenoxy) is 2. The standard InChI is InChI=1S/C24H26FN5O4/c1-33-21-12-20(27-14-22(21)34-19-5-2-16(25)3-6-19)24(32)30-10-9-29(15-18(30)8-11-31)17-4-7-23(26)28-13-17/h2-7,12-14,18,31H,8-11,15H2,1H3,(H2,26,28)/t18-/m0/s1. The molecule has 2 aromatic heterocycles. The van der Waals surface area contributed by atoms with E-state index in [-0.39, 0.29) is 30.1 Å². The number of hydrogen-bond donors (Lipinski definition) is 2. The number of amides is 1. The molecule has 0 saturated carbocycles. The van der Waals surface area contributed by atoms with Crippen LogP contribution in [-0.2, 0) is 0 Å². The summed E-state index contributed by atoms with van der Waals surface area (Å²) in [5.41, 5.74) is 6.80. The highest BCUT2D eigenvalue weighted by atomic mass is 19.1. The largest absolute Gasteiger partial charge is 0.493 e. The Morgan fingerprint density at radius 2 is 1.94 bits per heavy atom. The summed E-state index contributed by atoms with van der Waals surface area (Å²) in [6.45, 7) is 1.54. The Hall–Kier alpha value is -3.92. The molecule has 178 valence electrons. The Morgan fingerprint density at radius 3 is 2.62 bits per heavy atom. The van der Waals surface area contributed by atoms with Crippen molar-refractivity contribution >= 4 is 17.4 Å². The number of nitrogen functional groups attached to an aromatic ring is 1. The highest BCUT2D eigenvalue weighted by Crippen LogP contribution is 2.32. The normalized spacial score (nSPS) is 15.8. The third-order valence-electron chi connectivity index (χ3n) is 5.65. The lowest BCUT2D eigenvalue weighted by molar-refractivity contribution is 0.0618. The van der Waals surface area contributed by atoms with Crippen molar-refractivity contribution < 1.29 is 23.8 Å². The molecule has 1 saturated heterocycles. The van der Waals surface area contributed by atoms with E-state index in [1.807, 2.05) is 6.07 Å². The maximum Gasteiger partial charge on any atom is 0.272 e. The molecule has 1 atom stereocenters. The van der Waals surface area contributed by atoms with Gasteiger partial charge >= 0.3 is 0 Å². The molecular weight excluding hydrogens is 441 g/mol. The van der Waals surface area contributed by atoms with Crippen LogP contribution in [0, 0.1) is 5.82 Å². The number of carbonyl (C=O) groups is 1. The molecular formula is C24H26FN5O4. The van der Waals surface area contributed by atoms with Crippen LogP contribution >= 0.6 is 0 Å². The Morgan fingerprint density at radius 1 is 1.15 bits per heavy atom. The van der Waals surface area contributed by atoms with Gasteiger partial charge in [0.2, 0.25) is 0 Å². The monoisotopic (exact) mass is 467 g/mol. The number of nitrogens with zero attached hydrogens (tertiary/aromatic N) is 4. The van der Waals surface area contributed by atoms with E-state index in [0.29, 0.717) is 49.1 Å². The molecule has 4 rings (SSSR count). The second-order valence-electron chi connectivity index (χ2n) is 7.83. The van der Waals surface area contributed by atoms with Gasteiger partial charge in [-0.2, -0.15) is 0 Å². The van der Waals surface area contributed by atoms with Crippen molar-refractivity contribution in [1.82, 2.24) is 14.9 Å². The maximum absolute atomic E-state index is 13.3. The van der Waals surface area contributed by atoms with Crippen molar-refractivity contribution in [3.05, 3.63) is 66.4 Å². The fourth-order valence-electron chi connectivity index (χ4n) is 3.89. The van der Waals surface area contributed by atoms with Crippen LogP contribution in [0.4, 0.5) is 15.9 Å². The molecule has 34 heavy (non-hydrogen) atoms. The predicted octanol–water partition coefficient (Wildman–Crippen LogP) is 2.71. The quantitative estimate of drug-likeness (QED) is 0.545. The molecule has 10 heteroatoms. The average Bonchev–Trinajstić information content (AvgIpc) is 2.86. The van der Waals surface area contributed by atoms with Gasteiger partial charge in [-0.15, -0.1) is 0 Å². The van der Waals surface area contributed by atoms with Gasteiger partial charge in [-0.05, 0) is 42.8 Å². The first-order valence-electron chi connectivity index (χ1n) is 10.8. The molecule has 1 aliphatic rings. The number of hydrogen-bond acceptors (Lipinski definition) is 8. The smallest absolute Gasteiger partial charge is 0.272 e. The highest BCUT2D eigenvalue weighted by Gasteiger charge is 2.32. The summed E-state index contributed by atoms with van der Waals surface area (Å²) in [6, 6.07) is 10.5. The van der Waals surface area contributed by atoms with E-state index < -0.39 is 0 Å². The van der Waals surface area contributed by atoms with Crippen LogP contribution in [0.25, 0.3) is 0 Å². The van der Waals surface area contributed by atoms with Crippen molar-refractivity contribution in [2.45, 2.75) is 12.5 Å². The first kappa shape index (κ1) is 23.2. The van der Waals surface area contributed by atoms with Gasteiger partial charge in [-0.1, -0.05) is 0 Å². The third kappa shape index (κ3) is 5.18. The van der Waals surface area contributed by atoms with Crippen LogP contribution in [0.1, 0.15) is 16.9 Å². The molecule has 3 heterocycles. The fourth-order valence-corrected chi connectivity index (χ4v) is 3.89. The number of nitrogens with two attached hydrogens (primary N) is 1. The second-order valence-corrected chi connectivity index (χ2v) is 7.83. The molecule has 1 amide bonds. The van der Waals surface area contributed by atoms with Gasteiger partial charge < -0.3 is 30.1 Å². The van der Waals surface area contributed by atoms with Crippen molar-refractivity contribution in [3.8, 4) is 17.2 Å². The Balaban J connectivity index is 1.51. The van der Waals surface area contributed by atoms with E-state index in [9.17, 15) is 14.3 Å². The van der Waals surface area contributed by atoms with E-state index >= 15 is 0 Å². The second kappa shape index (κ2) is 10.3. The molecule has 0 radical (unpaired) electrons. The minimum atomic E-state index is -0.372. The number of piperazine rings is 1. The lowest BCUT2D eigenvalue weighted by Gasteiger charge is -2.42. The molecule has 0 aliphatic carbocycles. The zero-order chi connectivity index (χ0) is 24.1. The summed E-state index contributed by atoms with van der Waals surface area (Å²) in [7, 11) is 1.47. The van der Waals surface area contributed by atoms with Gasteiger partial charge in [0.25, 0.3) is 5.91 Å². The SMILES string of the molecule is COc1cc(C(=O)N2CCN(c3ccc(N)nc3)C[C@@H]2CCO)ncc1Oc1ccc(F)cc1. The lowest BCUT2D eigenvalue weighted by Crippen LogP contribution is -2.55. The summed E-state index contributed by atoms with van der Waals surface area (Å²) in [5.74, 6) is 0.850. The zero-order valence-electron chi connectivity index (χ0n) is 18.7. The first-order chi connectivity index (χ1) is 16.5. The number of benzene rings is 1. The predicted molar refractivity (Wildman–Crippen MR) is 125 cm³/mol. The van der Waals surface area contributed by atoms with E-state index in [1.54, 1.807) is 17.2 Å². The van der Waals surface area contributed by atoms with Gasteiger partial charge in [-0.25, -0.2) is 14.4 Å². The lowest BCUT2D eigenvalue weighted by atomic mass is 10.1. The van der Waals surface area contributed by atoms with Crippen LogP contribution in [-0.4, -0.2) is 65.3 Å². The van der Waals surface area contributed by atoms with Crippen molar-refractivity contribution in [1.29, 1.82) is 0 Å². The summed E-state index contributed by atoms with van der Waals surface area (Å²) in [4.78, 5) is 25.6. The molecule has 3 aromatic rings. The van der Waals surface area contributed by atoms with Crippen molar-refractivity contribution in [2.24, 2.45) is 0 Å². The van der Waals surface area contributed by atoms with E-state index in [4.69, 9.17) is 15.2 Å². The number of aromatic nitrogens is 2. The van der Waals surface area contributed by atoms with Crippen LogP contribution in [0.3, 0.4) is 0 Å².